The molecule has 0 fully saturated rings. The van der Waals surface area contributed by atoms with Crippen LogP contribution in [0.4, 0.5) is 0 Å². The molecule has 2 radical (unpaired) electrons. The predicted molar refractivity (Wildman–Crippen MR) is 97.4 cm³/mol. The Bertz CT molecular complexity index is 651. The summed E-state index contributed by atoms with van der Waals surface area (Å²) in [5.74, 6) is 0. The number of aliphatic hydroxyl groups excluding tert-OH is 3. The van der Waals surface area contributed by atoms with Crippen molar-refractivity contribution in [2.24, 2.45) is 5.73 Å². The van der Waals surface area contributed by atoms with E-state index in [0.29, 0.717) is 0 Å². The van der Waals surface area contributed by atoms with Crippen LogP contribution in [0.1, 0.15) is 16.7 Å². The molecule has 1 aromatic carbocycles. The first-order valence-corrected chi connectivity index (χ1v) is 7.67. The van der Waals surface area contributed by atoms with Gasteiger partial charge in [0.2, 0.25) is 0 Å². The Morgan fingerprint density at radius 2 is 1.67 bits per heavy atom. The van der Waals surface area contributed by atoms with Crippen molar-refractivity contribution >= 4 is 13.3 Å². The Morgan fingerprint density at radius 3 is 2.08 bits per heavy atom. The maximum atomic E-state index is 8.34. The number of hydrogen-bond donors (Lipinski definition) is 4. The van der Waals surface area contributed by atoms with Crippen LogP contribution in [0.25, 0.3) is 11.1 Å². The van der Waals surface area contributed by atoms with Gasteiger partial charge in [0.15, 0.2) is 0 Å². The third-order valence-corrected chi connectivity index (χ3v) is 3.93. The molecule has 0 bridgehead atoms. The quantitative estimate of drug-likeness (QED) is 0.598. The number of rotatable bonds is 4. The highest BCUT2D eigenvalue weighted by molar-refractivity contribution is 6.34. The minimum atomic E-state index is -1.21. The Hall–Kier alpha value is -1.73. The number of hydrogen-bond acceptors (Lipinski definition) is 5. The number of aromatic nitrogens is 1. The van der Waals surface area contributed by atoms with Crippen molar-refractivity contribution in [3.05, 3.63) is 47.3 Å². The zero-order chi connectivity index (χ0) is 18.3. The summed E-state index contributed by atoms with van der Waals surface area (Å²) in [6.45, 7) is 5.02. The Morgan fingerprint density at radius 1 is 1.08 bits per heavy atom. The van der Waals surface area contributed by atoms with Crippen molar-refractivity contribution in [1.29, 1.82) is 0 Å². The van der Waals surface area contributed by atoms with E-state index in [4.69, 9.17) is 28.9 Å². The summed E-state index contributed by atoms with van der Waals surface area (Å²) in [6.07, 6.45) is 3.66. The molecule has 5 N–H and O–H groups in total. The van der Waals surface area contributed by atoms with Gasteiger partial charge in [0.1, 0.15) is 7.85 Å². The SMILES string of the molecule is NC(CO)(CO)CO.[B]c1c(C)cc(C)c(-c2cccnc2)c1C. The fourth-order valence-corrected chi connectivity index (χ4v) is 2.31. The van der Waals surface area contributed by atoms with Crippen LogP contribution in [0.15, 0.2) is 30.6 Å². The van der Waals surface area contributed by atoms with Crippen molar-refractivity contribution in [1.82, 2.24) is 4.98 Å². The smallest absolute Gasteiger partial charge is 0.114 e. The second-order valence-electron chi connectivity index (χ2n) is 6.00. The van der Waals surface area contributed by atoms with E-state index in [2.05, 4.69) is 31.0 Å². The molecular weight excluding hydrogens is 303 g/mol. The Balaban J connectivity index is 0.000000307. The van der Waals surface area contributed by atoms with E-state index >= 15 is 0 Å². The summed E-state index contributed by atoms with van der Waals surface area (Å²) in [4.78, 5) is 4.15. The van der Waals surface area contributed by atoms with Crippen LogP contribution < -0.4 is 11.2 Å². The highest BCUT2D eigenvalue weighted by Gasteiger charge is 2.20. The lowest BCUT2D eigenvalue weighted by Crippen LogP contribution is -2.50. The van der Waals surface area contributed by atoms with E-state index in [-0.39, 0.29) is 0 Å². The van der Waals surface area contributed by atoms with Gasteiger partial charge in [-0.1, -0.05) is 23.2 Å². The van der Waals surface area contributed by atoms with Gasteiger partial charge in [-0.3, -0.25) is 4.98 Å². The summed E-state index contributed by atoms with van der Waals surface area (Å²) in [5, 5.41) is 25.0. The van der Waals surface area contributed by atoms with Crippen LogP contribution in [0.5, 0.6) is 0 Å². The molecule has 0 saturated heterocycles. The lowest BCUT2D eigenvalue weighted by atomic mass is 9.81. The third-order valence-electron chi connectivity index (χ3n) is 3.93. The van der Waals surface area contributed by atoms with E-state index < -0.39 is 25.4 Å². The Kier molecular flexibility index (Phi) is 7.57. The first-order valence-electron chi connectivity index (χ1n) is 7.67. The van der Waals surface area contributed by atoms with Crippen molar-refractivity contribution in [3.63, 3.8) is 0 Å². The number of benzene rings is 1. The van der Waals surface area contributed by atoms with Gasteiger partial charge in [-0.2, -0.15) is 0 Å². The summed E-state index contributed by atoms with van der Waals surface area (Å²) < 4.78 is 0. The molecule has 5 nitrogen and oxygen atoms in total. The topological polar surface area (TPSA) is 99.6 Å². The zero-order valence-electron chi connectivity index (χ0n) is 14.5. The molecule has 0 aliphatic heterocycles. The summed E-state index contributed by atoms with van der Waals surface area (Å²) >= 11 is 0. The average Bonchev–Trinajstić information content (AvgIpc) is 2.60. The standard InChI is InChI=1S/C14H14BN.C4H11NO3/c1-9-7-10(2)14(15)11(3)13(9)12-5-4-6-16-8-12;5-4(1-6,2-7)3-8/h4-8H,1-3H3;6-8H,1-3,5H2. The normalized spacial score (nSPS) is 11.0. The van der Waals surface area contributed by atoms with Crippen LogP contribution in [0.2, 0.25) is 0 Å². The molecule has 0 saturated carbocycles. The fraction of sp³-hybridized carbons (Fsp3) is 0.389. The highest BCUT2D eigenvalue weighted by atomic mass is 16.3. The lowest BCUT2D eigenvalue weighted by Gasteiger charge is -2.20. The predicted octanol–water partition coefficient (Wildman–Crippen LogP) is 0.128. The van der Waals surface area contributed by atoms with Gasteiger partial charge in [0, 0.05) is 18.0 Å². The van der Waals surface area contributed by atoms with E-state index in [0.717, 1.165) is 22.2 Å². The van der Waals surface area contributed by atoms with Crippen molar-refractivity contribution < 1.29 is 15.3 Å². The second kappa shape index (κ2) is 8.94. The molecule has 24 heavy (non-hydrogen) atoms. The molecule has 6 heteroatoms. The first kappa shape index (κ1) is 20.3. The summed E-state index contributed by atoms with van der Waals surface area (Å²) in [6, 6.07) is 6.14. The lowest BCUT2D eigenvalue weighted by molar-refractivity contribution is 0.0698. The van der Waals surface area contributed by atoms with Gasteiger partial charge in [-0.05, 0) is 43.5 Å². The average molecular weight is 328 g/mol. The van der Waals surface area contributed by atoms with Crippen LogP contribution >= 0.6 is 0 Å². The number of nitrogens with zero attached hydrogens (tertiary/aromatic N) is 1. The highest BCUT2D eigenvalue weighted by Crippen LogP contribution is 2.25. The molecule has 0 aliphatic carbocycles. The molecule has 0 spiro atoms. The van der Waals surface area contributed by atoms with E-state index in [1.165, 1.54) is 11.1 Å². The largest absolute Gasteiger partial charge is 0.394 e. The minimum absolute atomic E-state index is 0.403. The number of pyridine rings is 1. The molecule has 0 aliphatic rings. The molecule has 2 rings (SSSR count). The summed E-state index contributed by atoms with van der Waals surface area (Å²) in [7, 11) is 6.07. The maximum absolute atomic E-state index is 8.34. The number of aliphatic hydroxyl groups is 3. The van der Waals surface area contributed by atoms with Gasteiger partial charge < -0.3 is 21.1 Å². The molecule has 0 amide bonds. The number of nitrogens with two attached hydrogens (primary N) is 1. The van der Waals surface area contributed by atoms with E-state index in [9.17, 15) is 0 Å². The first-order chi connectivity index (χ1) is 11.3. The van der Waals surface area contributed by atoms with Gasteiger partial charge in [-0.15, -0.1) is 0 Å². The van der Waals surface area contributed by atoms with Crippen molar-refractivity contribution in [2.45, 2.75) is 26.3 Å². The van der Waals surface area contributed by atoms with Gasteiger partial charge in [0.05, 0.1) is 25.4 Å². The molecule has 0 atom stereocenters. The molecular formula is C18H25BN2O3. The molecule has 128 valence electrons. The molecule has 1 heterocycles. The van der Waals surface area contributed by atoms with E-state index in [1.807, 2.05) is 19.2 Å². The van der Waals surface area contributed by atoms with E-state index in [1.54, 1.807) is 6.20 Å². The van der Waals surface area contributed by atoms with Crippen LogP contribution in [-0.4, -0.2) is 53.5 Å². The zero-order valence-corrected chi connectivity index (χ0v) is 14.5. The maximum Gasteiger partial charge on any atom is 0.114 e. The molecule has 0 unspecified atom stereocenters. The molecule has 2 aromatic rings. The number of aryl methyl sites for hydroxylation is 2. The van der Waals surface area contributed by atoms with Crippen LogP contribution in [-0.2, 0) is 0 Å². The van der Waals surface area contributed by atoms with Crippen molar-refractivity contribution in [3.8, 4) is 11.1 Å². The Labute approximate surface area is 144 Å². The van der Waals surface area contributed by atoms with Crippen molar-refractivity contribution in [2.75, 3.05) is 19.8 Å². The fourth-order valence-electron chi connectivity index (χ4n) is 2.31. The monoisotopic (exact) mass is 328 g/mol. The molecule has 1 aromatic heterocycles. The van der Waals surface area contributed by atoms with Crippen LogP contribution in [0.3, 0.4) is 0 Å². The van der Waals surface area contributed by atoms with Gasteiger partial charge in [0.25, 0.3) is 0 Å². The third kappa shape index (κ3) is 4.88. The van der Waals surface area contributed by atoms with Gasteiger partial charge in [-0.25, -0.2) is 0 Å². The van der Waals surface area contributed by atoms with Gasteiger partial charge >= 0.3 is 0 Å². The minimum Gasteiger partial charge on any atom is -0.394 e. The second-order valence-corrected chi connectivity index (χ2v) is 6.00. The van der Waals surface area contributed by atoms with Crippen LogP contribution in [0, 0.1) is 20.8 Å². The summed E-state index contributed by atoms with van der Waals surface area (Å²) in [5.41, 5.74) is 10.7.